The molecule has 0 spiro atoms. The van der Waals surface area contributed by atoms with E-state index >= 15 is 0 Å². The molecule has 0 saturated carbocycles. The zero-order valence-corrected chi connectivity index (χ0v) is 14.4. The zero-order chi connectivity index (χ0) is 16.8. The molecule has 2 aromatic rings. The molecular weight excluding hydrogens is 306 g/mol. The average molecular weight is 331 g/mol. The van der Waals surface area contributed by atoms with Gasteiger partial charge >= 0.3 is 0 Å². The highest BCUT2D eigenvalue weighted by molar-refractivity contribution is 5.55. The Bertz CT molecular complexity index is 627. The number of rotatable bonds is 7. The van der Waals surface area contributed by atoms with Gasteiger partial charge in [-0.05, 0) is 50.1 Å². The van der Waals surface area contributed by atoms with Crippen LogP contribution in [0.5, 0.6) is 5.75 Å². The third kappa shape index (κ3) is 4.13. The number of benzene rings is 1. The van der Waals surface area contributed by atoms with Gasteiger partial charge in [-0.25, -0.2) is 0 Å². The number of nitrogens with zero attached hydrogens (tertiary/aromatic N) is 3. The first-order valence-electron chi connectivity index (χ1n) is 8.50. The van der Waals surface area contributed by atoms with Crippen LogP contribution in [0.15, 0.2) is 28.8 Å². The summed E-state index contributed by atoms with van der Waals surface area (Å²) in [5.41, 5.74) is 0.931. The Morgan fingerprint density at radius 3 is 2.79 bits per heavy atom. The van der Waals surface area contributed by atoms with Gasteiger partial charge in [0.1, 0.15) is 5.75 Å². The Kier molecular flexibility index (Phi) is 5.82. The van der Waals surface area contributed by atoms with Crippen LogP contribution in [-0.4, -0.2) is 48.5 Å². The maximum Gasteiger partial charge on any atom is 0.241 e. The summed E-state index contributed by atoms with van der Waals surface area (Å²) >= 11 is 0. The fourth-order valence-corrected chi connectivity index (χ4v) is 3.20. The second-order valence-electron chi connectivity index (χ2n) is 6.14. The van der Waals surface area contributed by atoms with Crippen molar-refractivity contribution in [2.75, 3.05) is 27.4 Å². The average Bonchev–Trinajstić information content (AvgIpc) is 3.09. The molecule has 1 fully saturated rings. The molecule has 1 unspecified atom stereocenters. The summed E-state index contributed by atoms with van der Waals surface area (Å²) in [6, 6.07) is 8.22. The number of ether oxygens (including phenoxy) is 2. The maximum absolute atomic E-state index is 5.47. The highest BCUT2D eigenvalue weighted by atomic mass is 16.5. The largest absolute Gasteiger partial charge is 0.497 e. The Morgan fingerprint density at radius 2 is 2.04 bits per heavy atom. The second-order valence-corrected chi connectivity index (χ2v) is 6.14. The molecule has 0 N–H and O–H groups in total. The molecule has 1 aromatic heterocycles. The third-order valence-electron chi connectivity index (χ3n) is 4.56. The summed E-state index contributed by atoms with van der Waals surface area (Å²) < 4.78 is 15.9. The van der Waals surface area contributed by atoms with Crippen molar-refractivity contribution in [2.24, 2.45) is 0 Å². The van der Waals surface area contributed by atoms with E-state index in [4.69, 9.17) is 14.0 Å². The smallest absolute Gasteiger partial charge is 0.241 e. The predicted octanol–water partition coefficient (Wildman–Crippen LogP) is 3.14. The first kappa shape index (κ1) is 16.9. The summed E-state index contributed by atoms with van der Waals surface area (Å²) in [6.07, 6.45) is 4.77. The summed E-state index contributed by atoms with van der Waals surface area (Å²) in [7, 11) is 3.41. The Hall–Kier alpha value is -1.92. The van der Waals surface area contributed by atoms with E-state index in [2.05, 4.69) is 15.0 Å². The lowest BCUT2D eigenvalue weighted by atomic mass is 10.00. The van der Waals surface area contributed by atoms with Crippen LogP contribution in [0.25, 0.3) is 11.4 Å². The standard InChI is InChI=1S/C18H25N3O3/c1-22-12-10-15-5-3-4-11-21(15)13-17-19-18(20-24-17)14-6-8-16(23-2)9-7-14/h6-9,15H,3-5,10-13H2,1-2H3. The van der Waals surface area contributed by atoms with Crippen LogP contribution >= 0.6 is 0 Å². The molecule has 24 heavy (non-hydrogen) atoms. The van der Waals surface area contributed by atoms with Gasteiger partial charge in [-0.2, -0.15) is 4.98 Å². The highest BCUT2D eigenvalue weighted by Crippen LogP contribution is 2.23. The molecule has 0 radical (unpaired) electrons. The Balaban J connectivity index is 1.65. The first-order valence-corrected chi connectivity index (χ1v) is 8.50. The van der Waals surface area contributed by atoms with Crippen molar-refractivity contribution in [2.45, 2.75) is 38.3 Å². The lowest BCUT2D eigenvalue weighted by Crippen LogP contribution is -2.39. The molecule has 1 aliphatic heterocycles. The van der Waals surface area contributed by atoms with Crippen molar-refractivity contribution in [1.29, 1.82) is 0 Å². The van der Waals surface area contributed by atoms with Crippen molar-refractivity contribution in [3.63, 3.8) is 0 Å². The van der Waals surface area contributed by atoms with Gasteiger partial charge in [0.05, 0.1) is 13.7 Å². The van der Waals surface area contributed by atoms with Crippen LogP contribution in [-0.2, 0) is 11.3 Å². The molecule has 1 aliphatic rings. The quantitative estimate of drug-likeness (QED) is 0.777. The van der Waals surface area contributed by atoms with Gasteiger partial charge in [0, 0.05) is 25.3 Å². The van der Waals surface area contributed by atoms with Crippen LogP contribution in [0, 0.1) is 0 Å². The van der Waals surface area contributed by atoms with Crippen molar-refractivity contribution >= 4 is 0 Å². The topological polar surface area (TPSA) is 60.6 Å². The molecule has 130 valence electrons. The lowest BCUT2D eigenvalue weighted by Gasteiger charge is -2.34. The van der Waals surface area contributed by atoms with Gasteiger partial charge in [-0.1, -0.05) is 11.6 Å². The van der Waals surface area contributed by atoms with Crippen LogP contribution in [0.4, 0.5) is 0 Å². The molecule has 1 aromatic carbocycles. The van der Waals surface area contributed by atoms with Crippen LogP contribution < -0.4 is 4.74 Å². The molecule has 0 amide bonds. The summed E-state index contributed by atoms with van der Waals surface area (Å²) in [4.78, 5) is 6.99. The van der Waals surface area contributed by atoms with Crippen LogP contribution in [0.1, 0.15) is 31.6 Å². The number of likely N-dealkylation sites (tertiary alicyclic amines) is 1. The summed E-state index contributed by atoms with van der Waals surface area (Å²) in [5.74, 6) is 2.11. The minimum absolute atomic E-state index is 0.537. The Morgan fingerprint density at radius 1 is 1.21 bits per heavy atom. The fraction of sp³-hybridized carbons (Fsp3) is 0.556. The third-order valence-corrected chi connectivity index (χ3v) is 4.56. The zero-order valence-electron chi connectivity index (χ0n) is 14.4. The van der Waals surface area contributed by atoms with Crippen LogP contribution in [0.2, 0.25) is 0 Å². The minimum Gasteiger partial charge on any atom is -0.497 e. The maximum atomic E-state index is 5.47. The van der Waals surface area contributed by atoms with Crippen LogP contribution in [0.3, 0.4) is 0 Å². The molecule has 1 atom stereocenters. The summed E-state index contributed by atoms with van der Waals surface area (Å²) in [6.45, 7) is 2.58. The number of methoxy groups -OCH3 is 2. The van der Waals surface area contributed by atoms with E-state index in [1.807, 2.05) is 24.3 Å². The first-order chi connectivity index (χ1) is 11.8. The van der Waals surface area contributed by atoms with E-state index < -0.39 is 0 Å². The molecular formula is C18H25N3O3. The molecule has 0 aliphatic carbocycles. The van der Waals surface area contributed by atoms with E-state index in [0.717, 1.165) is 30.9 Å². The monoisotopic (exact) mass is 331 g/mol. The second kappa shape index (κ2) is 8.26. The van der Waals surface area contributed by atoms with Crippen molar-refractivity contribution in [1.82, 2.24) is 15.0 Å². The SMILES string of the molecule is COCCC1CCCCN1Cc1nc(-c2ccc(OC)cc2)no1. The van der Waals surface area contributed by atoms with E-state index in [1.165, 1.54) is 19.3 Å². The van der Waals surface area contributed by atoms with E-state index in [9.17, 15) is 0 Å². The van der Waals surface area contributed by atoms with Crippen molar-refractivity contribution in [3.8, 4) is 17.1 Å². The molecule has 3 rings (SSSR count). The van der Waals surface area contributed by atoms with Gasteiger partial charge < -0.3 is 14.0 Å². The lowest BCUT2D eigenvalue weighted by molar-refractivity contribution is 0.0882. The van der Waals surface area contributed by atoms with E-state index in [-0.39, 0.29) is 0 Å². The van der Waals surface area contributed by atoms with Crippen molar-refractivity contribution in [3.05, 3.63) is 30.2 Å². The van der Waals surface area contributed by atoms with E-state index in [1.54, 1.807) is 14.2 Å². The normalized spacial score (nSPS) is 18.7. The van der Waals surface area contributed by atoms with Gasteiger partial charge in [0.15, 0.2) is 0 Å². The van der Waals surface area contributed by atoms with E-state index in [0.29, 0.717) is 24.3 Å². The van der Waals surface area contributed by atoms with Crippen molar-refractivity contribution < 1.29 is 14.0 Å². The molecule has 6 heteroatoms. The number of piperidine rings is 1. The highest BCUT2D eigenvalue weighted by Gasteiger charge is 2.24. The number of hydrogen-bond donors (Lipinski definition) is 0. The summed E-state index contributed by atoms with van der Waals surface area (Å²) in [5, 5.41) is 4.12. The molecule has 6 nitrogen and oxygen atoms in total. The van der Waals surface area contributed by atoms with Gasteiger partial charge in [0.25, 0.3) is 0 Å². The number of aromatic nitrogens is 2. The Labute approximate surface area is 142 Å². The number of hydrogen-bond acceptors (Lipinski definition) is 6. The van der Waals surface area contributed by atoms with Gasteiger partial charge in [-0.3, -0.25) is 4.90 Å². The molecule has 0 bridgehead atoms. The fourth-order valence-electron chi connectivity index (χ4n) is 3.20. The van der Waals surface area contributed by atoms with Gasteiger partial charge in [0.2, 0.25) is 11.7 Å². The molecule has 1 saturated heterocycles. The predicted molar refractivity (Wildman–Crippen MR) is 90.8 cm³/mol. The van der Waals surface area contributed by atoms with Gasteiger partial charge in [-0.15, -0.1) is 0 Å². The molecule has 2 heterocycles. The minimum atomic E-state index is 0.537.